The van der Waals surface area contributed by atoms with Gasteiger partial charge in [-0.15, -0.1) is 13.2 Å². The Morgan fingerprint density at radius 1 is 0.781 bits per heavy atom. The third kappa shape index (κ3) is 7.33. The van der Waals surface area contributed by atoms with E-state index in [2.05, 4.69) is 18.5 Å². The van der Waals surface area contributed by atoms with E-state index in [-0.39, 0.29) is 12.8 Å². The molecular weight excluding hydrogens is 488 g/mol. The van der Waals surface area contributed by atoms with Crippen LogP contribution in [0.5, 0.6) is 0 Å². The maximum Gasteiger partial charge on any atom is 0.438 e. The van der Waals surface area contributed by atoms with Gasteiger partial charge in [0.1, 0.15) is 0 Å². The zero-order valence-electron chi connectivity index (χ0n) is 17.0. The smallest absolute Gasteiger partial charge is 0.310 e. The van der Waals surface area contributed by atoms with Crippen LogP contribution in [0.4, 0.5) is 43.9 Å². The topological polar surface area (TPSA) is 66.4 Å². The van der Waals surface area contributed by atoms with E-state index in [0.29, 0.717) is 6.42 Å². The van der Waals surface area contributed by atoms with Crippen LogP contribution in [0.3, 0.4) is 0 Å². The molecule has 192 valence electrons. The molecule has 4 nitrogen and oxygen atoms in total. The summed E-state index contributed by atoms with van der Waals surface area (Å²) in [5.41, 5.74) is 0. The van der Waals surface area contributed by atoms with Crippen molar-refractivity contribution in [3.05, 3.63) is 25.3 Å². The number of hydrogen-bond acceptors (Lipinski definition) is 3. The number of rotatable bonds is 14. The third-order valence-corrected chi connectivity index (χ3v) is 4.76. The Morgan fingerprint density at radius 2 is 1.22 bits per heavy atom. The van der Waals surface area contributed by atoms with Gasteiger partial charge in [-0.1, -0.05) is 38.3 Å². The second-order valence-corrected chi connectivity index (χ2v) is 7.93. The molecule has 32 heavy (non-hydrogen) atoms. The lowest BCUT2D eigenvalue weighted by molar-refractivity contribution is -0.390. The highest BCUT2D eigenvalue weighted by atomic mass is 32.2. The van der Waals surface area contributed by atoms with E-state index in [0.717, 1.165) is 13.1 Å². The van der Waals surface area contributed by atoms with Crippen molar-refractivity contribution in [2.75, 3.05) is 13.1 Å². The second-order valence-electron chi connectivity index (χ2n) is 6.47. The normalized spacial score (nSPS) is 13.9. The molecule has 15 heteroatoms. The van der Waals surface area contributed by atoms with Gasteiger partial charge in [-0.05, 0) is 6.42 Å². The van der Waals surface area contributed by atoms with Gasteiger partial charge in [0.25, 0.3) is 0 Å². The molecule has 0 aromatic carbocycles. The lowest BCUT2D eigenvalue weighted by Crippen LogP contribution is -2.68. The van der Waals surface area contributed by atoms with Crippen LogP contribution in [-0.4, -0.2) is 55.0 Å². The summed E-state index contributed by atoms with van der Waals surface area (Å²) in [6.45, 7) is 10.4. The lowest BCUT2D eigenvalue weighted by atomic mass is 9.94. The van der Waals surface area contributed by atoms with Crippen LogP contribution in [-0.2, 0) is 10.1 Å². The Kier molecular flexibility index (Phi) is 12.5. The molecule has 0 radical (unpaired) electrons. The van der Waals surface area contributed by atoms with Crippen LogP contribution >= 0.6 is 0 Å². The molecule has 0 heterocycles. The van der Waals surface area contributed by atoms with E-state index in [1.165, 1.54) is 0 Å². The number of nitrogens with one attached hydrogen (secondary N) is 1. The maximum atomic E-state index is 13.3. The predicted octanol–water partition coefficient (Wildman–Crippen LogP) is 5.93. The summed E-state index contributed by atoms with van der Waals surface area (Å²) < 4.78 is 160. The van der Waals surface area contributed by atoms with Gasteiger partial charge in [0.05, 0.1) is 0 Å². The van der Waals surface area contributed by atoms with E-state index < -0.39 is 51.9 Å². The third-order valence-electron chi connectivity index (χ3n) is 3.86. The first kappa shape index (κ1) is 32.8. The fraction of sp³-hybridized carbons (Fsp3) is 0.765. The van der Waals surface area contributed by atoms with Crippen LogP contribution in [0.1, 0.15) is 39.0 Å². The van der Waals surface area contributed by atoms with Crippen LogP contribution in [0.2, 0.25) is 0 Å². The molecule has 0 aliphatic heterocycles. The Balaban J connectivity index is 0. The molecule has 0 amide bonds. The first-order valence-electron chi connectivity index (χ1n) is 9.01. The minimum absolute atomic E-state index is 0.148. The van der Waals surface area contributed by atoms with Crippen molar-refractivity contribution in [3.8, 4) is 0 Å². The maximum absolute atomic E-state index is 13.3. The minimum atomic E-state index is -7.52. The molecule has 2 N–H and O–H groups in total. The van der Waals surface area contributed by atoms with Crippen LogP contribution in [0, 0.1) is 0 Å². The van der Waals surface area contributed by atoms with Gasteiger partial charge < -0.3 is 5.32 Å². The highest BCUT2D eigenvalue weighted by Crippen LogP contribution is 2.58. The van der Waals surface area contributed by atoms with E-state index >= 15 is 0 Å². The van der Waals surface area contributed by atoms with Crippen molar-refractivity contribution in [3.63, 3.8) is 0 Å². The molecular formula is C17H25F10NO3S. The fourth-order valence-corrected chi connectivity index (χ4v) is 2.44. The molecule has 0 unspecified atom stereocenters. The molecule has 0 rings (SSSR count). The summed E-state index contributed by atoms with van der Waals surface area (Å²) in [4.78, 5) is 0. The number of unbranched alkanes of at least 4 members (excludes halogenated alkanes) is 3. The van der Waals surface area contributed by atoms with Crippen molar-refractivity contribution in [2.45, 2.75) is 68.0 Å². The summed E-state index contributed by atoms with van der Waals surface area (Å²) in [7, 11) is -7.31. The molecule has 0 aromatic rings. The molecule has 0 atom stereocenters. The lowest BCUT2D eigenvalue weighted by Gasteiger charge is -2.38. The van der Waals surface area contributed by atoms with Crippen molar-refractivity contribution < 1.29 is 56.9 Å². The highest BCUT2D eigenvalue weighted by Gasteiger charge is 2.88. The van der Waals surface area contributed by atoms with Crippen LogP contribution < -0.4 is 5.32 Å². The Hall–Kier alpha value is -1.35. The molecule has 0 fully saturated rings. The average Bonchev–Trinajstić information content (AvgIpc) is 2.64. The fourth-order valence-electron chi connectivity index (χ4n) is 1.99. The van der Waals surface area contributed by atoms with Crippen molar-refractivity contribution in [1.82, 2.24) is 5.32 Å². The molecule has 0 saturated carbocycles. The van der Waals surface area contributed by atoms with E-state index in [1.54, 1.807) is 6.92 Å². The van der Waals surface area contributed by atoms with Gasteiger partial charge in [-0.25, -0.2) is 0 Å². The SMILES string of the molecule is C=CCNCC=C.CCCCCCC(F)(F)C(F)(F)C(F)(F)C(F)(F)C(F)(F)S(=O)(=O)O. The quantitative estimate of drug-likeness (QED) is 0.131. The number of alkyl halides is 10. The van der Waals surface area contributed by atoms with E-state index in [4.69, 9.17) is 4.55 Å². The van der Waals surface area contributed by atoms with Crippen LogP contribution in [0.25, 0.3) is 0 Å². The standard InChI is InChI=1S/C11H14F10O3S.C6H11N/c1-2-3-4-5-6-7(12,13)8(14,15)9(16,17)10(18,19)11(20,21)25(22,23)24;1-3-5-7-6-4-2/h2-6H2,1H3,(H,22,23,24);3-4,7H,1-2,5-6H2. The molecule has 0 aliphatic carbocycles. The number of hydrogen-bond donors (Lipinski definition) is 2. The molecule has 0 aromatic heterocycles. The largest absolute Gasteiger partial charge is 0.438 e. The molecule has 0 saturated heterocycles. The van der Waals surface area contributed by atoms with Crippen LogP contribution in [0.15, 0.2) is 25.3 Å². The minimum Gasteiger partial charge on any atom is -0.310 e. The number of halogens is 10. The van der Waals surface area contributed by atoms with Gasteiger partial charge >= 0.3 is 39.1 Å². The Bertz CT molecular complexity index is 689. The summed E-state index contributed by atoms with van der Waals surface area (Å²) in [5.74, 6) is -27.9. The van der Waals surface area contributed by atoms with Gasteiger partial charge in [0.15, 0.2) is 0 Å². The zero-order valence-corrected chi connectivity index (χ0v) is 17.8. The van der Waals surface area contributed by atoms with E-state index in [9.17, 15) is 52.3 Å². The molecule has 0 spiro atoms. The zero-order chi connectivity index (χ0) is 26.1. The highest BCUT2D eigenvalue weighted by molar-refractivity contribution is 7.87. The van der Waals surface area contributed by atoms with E-state index in [1.807, 2.05) is 12.2 Å². The Labute approximate surface area is 179 Å². The van der Waals surface area contributed by atoms with Crippen molar-refractivity contribution >= 4 is 10.1 Å². The summed E-state index contributed by atoms with van der Waals surface area (Å²) in [5, 5.41) is -4.09. The molecule has 0 bridgehead atoms. The second kappa shape index (κ2) is 12.2. The average molecular weight is 513 g/mol. The monoisotopic (exact) mass is 513 g/mol. The first-order valence-corrected chi connectivity index (χ1v) is 10.5. The van der Waals surface area contributed by atoms with Gasteiger partial charge in [0.2, 0.25) is 0 Å². The van der Waals surface area contributed by atoms with Gasteiger partial charge in [-0.2, -0.15) is 52.3 Å². The van der Waals surface area contributed by atoms with Crippen molar-refractivity contribution in [1.29, 1.82) is 0 Å². The summed E-state index contributed by atoms with van der Waals surface area (Å²) >= 11 is 0. The van der Waals surface area contributed by atoms with Crippen molar-refractivity contribution in [2.24, 2.45) is 0 Å². The first-order chi connectivity index (χ1) is 14.2. The summed E-state index contributed by atoms with van der Waals surface area (Å²) in [6.07, 6.45) is 1.33. The molecule has 0 aliphatic rings. The summed E-state index contributed by atoms with van der Waals surface area (Å²) in [6, 6.07) is 0. The predicted molar refractivity (Wildman–Crippen MR) is 98.3 cm³/mol. The Morgan fingerprint density at radius 3 is 1.56 bits per heavy atom. The van der Waals surface area contributed by atoms with Gasteiger partial charge in [-0.3, -0.25) is 4.55 Å². The van der Waals surface area contributed by atoms with Gasteiger partial charge in [0, 0.05) is 19.5 Å².